The molecule has 6 heteroatoms. The van der Waals surface area contributed by atoms with E-state index in [1.165, 1.54) is 18.1 Å². The van der Waals surface area contributed by atoms with Gasteiger partial charge in [0.25, 0.3) is 0 Å². The van der Waals surface area contributed by atoms with Crippen molar-refractivity contribution in [2.75, 3.05) is 12.8 Å². The van der Waals surface area contributed by atoms with Gasteiger partial charge >= 0.3 is 0 Å². The van der Waals surface area contributed by atoms with Crippen LogP contribution in [0.15, 0.2) is 29.6 Å². The quantitative estimate of drug-likeness (QED) is 0.803. The fraction of sp³-hybridized carbons (Fsp3) is 0.214. The van der Waals surface area contributed by atoms with Gasteiger partial charge in [-0.1, -0.05) is 6.07 Å². The highest BCUT2D eigenvalue weighted by atomic mass is 32.1. The maximum absolute atomic E-state index is 13.7. The fourth-order valence-electron chi connectivity index (χ4n) is 2.21. The fourth-order valence-corrected chi connectivity index (χ4v) is 2.91. The average Bonchev–Trinajstić information content (AvgIpc) is 3.03. The lowest BCUT2D eigenvalue weighted by Gasteiger charge is -2.07. The third kappa shape index (κ3) is 2.22. The highest BCUT2D eigenvalue weighted by Crippen LogP contribution is 2.26. The number of methoxy groups -OCH3 is 1. The maximum atomic E-state index is 13.7. The summed E-state index contributed by atoms with van der Waals surface area (Å²) >= 11 is 1.71. The normalized spacial score (nSPS) is 11.1. The maximum Gasteiger partial charge on any atom is 0.201 e. The van der Waals surface area contributed by atoms with Gasteiger partial charge in [-0.2, -0.15) is 0 Å². The molecule has 0 radical (unpaired) electrons. The van der Waals surface area contributed by atoms with E-state index in [4.69, 9.17) is 10.5 Å². The molecule has 3 aromatic rings. The summed E-state index contributed by atoms with van der Waals surface area (Å²) in [4.78, 5) is 5.48. The van der Waals surface area contributed by atoms with E-state index < -0.39 is 5.82 Å². The van der Waals surface area contributed by atoms with Crippen molar-refractivity contribution in [3.8, 4) is 5.75 Å². The zero-order chi connectivity index (χ0) is 14.1. The van der Waals surface area contributed by atoms with E-state index in [9.17, 15) is 4.39 Å². The van der Waals surface area contributed by atoms with E-state index in [0.717, 1.165) is 11.9 Å². The number of aromatic nitrogens is 2. The van der Waals surface area contributed by atoms with Crippen molar-refractivity contribution in [1.82, 2.24) is 9.55 Å². The zero-order valence-electron chi connectivity index (χ0n) is 11.0. The van der Waals surface area contributed by atoms with E-state index in [2.05, 4.69) is 11.1 Å². The van der Waals surface area contributed by atoms with Crippen LogP contribution in [0.3, 0.4) is 0 Å². The van der Waals surface area contributed by atoms with Gasteiger partial charge in [0.05, 0.1) is 18.1 Å². The largest absolute Gasteiger partial charge is 0.494 e. The molecule has 0 saturated carbocycles. The summed E-state index contributed by atoms with van der Waals surface area (Å²) in [6.07, 6.45) is 0.868. The lowest BCUT2D eigenvalue weighted by atomic mass is 10.2. The van der Waals surface area contributed by atoms with E-state index in [0.29, 0.717) is 18.0 Å². The molecule has 1 aromatic carbocycles. The molecule has 0 amide bonds. The third-order valence-corrected chi connectivity index (χ3v) is 4.15. The second-order valence-electron chi connectivity index (χ2n) is 4.43. The van der Waals surface area contributed by atoms with Crippen LogP contribution < -0.4 is 10.5 Å². The number of rotatable bonds is 4. The number of nitrogens with two attached hydrogens (primary N) is 1. The molecule has 0 bridgehead atoms. The molecule has 2 N–H and O–H groups in total. The molecule has 20 heavy (non-hydrogen) atoms. The Bertz CT molecular complexity index is 737. The standard InChI is InChI=1S/C14H14FN3OS/c1-19-13-8-12-11(7-10(13)15)17-14(16)18(12)5-4-9-3-2-6-20-9/h2-3,6-8H,4-5H2,1H3,(H2,16,17). The Morgan fingerprint density at radius 2 is 2.30 bits per heavy atom. The van der Waals surface area contributed by atoms with Crippen LogP contribution >= 0.6 is 11.3 Å². The molecule has 0 aliphatic rings. The lowest BCUT2D eigenvalue weighted by Crippen LogP contribution is -2.05. The molecule has 0 aliphatic heterocycles. The summed E-state index contributed by atoms with van der Waals surface area (Å²) in [5, 5.41) is 2.04. The number of aryl methyl sites for hydroxylation is 2. The van der Waals surface area contributed by atoms with Crippen LogP contribution in [0.1, 0.15) is 4.88 Å². The summed E-state index contributed by atoms with van der Waals surface area (Å²) < 4.78 is 20.6. The van der Waals surface area contributed by atoms with Gasteiger partial charge in [-0.05, 0) is 17.9 Å². The van der Waals surface area contributed by atoms with E-state index >= 15 is 0 Å². The van der Waals surface area contributed by atoms with Crippen molar-refractivity contribution >= 4 is 28.3 Å². The summed E-state index contributed by atoms with van der Waals surface area (Å²) in [6.45, 7) is 0.706. The van der Waals surface area contributed by atoms with Gasteiger partial charge in [0.15, 0.2) is 11.6 Å². The van der Waals surface area contributed by atoms with Crippen LogP contribution in [0.2, 0.25) is 0 Å². The molecule has 3 rings (SSSR count). The Hall–Kier alpha value is -2.08. The highest BCUT2D eigenvalue weighted by Gasteiger charge is 2.13. The molecule has 2 aromatic heterocycles. The second-order valence-corrected chi connectivity index (χ2v) is 5.46. The SMILES string of the molecule is COc1cc2c(cc1F)nc(N)n2CCc1cccs1. The Kier molecular flexibility index (Phi) is 3.31. The number of hydrogen-bond donors (Lipinski definition) is 1. The molecule has 0 atom stereocenters. The molecule has 4 nitrogen and oxygen atoms in total. The van der Waals surface area contributed by atoms with Crippen LogP contribution in [0.25, 0.3) is 11.0 Å². The summed E-state index contributed by atoms with van der Waals surface area (Å²) in [7, 11) is 1.44. The number of ether oxygens (including phenoxy) is 1. The Labute approximate surface area is 119 Å². The Morgan fingerprint density at radius 1 is 1.45 bits per heavy atom. The smallest absolute Gasteiger partial charge is 0.201 e. The summed E-state index contributed by atoms with van der Waals surface area (Å²) in [5.74, 6) is 0.168. The van der Waals surface area contributed by atoms with Crippen LogP contribution in [0.5, 0.6) is 5.75 Å². The minimum absolute atomic E-state index is 0.203. The number of nitrogen functional groups attached to an aromatic ring is 1. The third-order valence-electron chi connectivity index (χ3n) is 3.21. The molecule has 2 heterocycles. The predicted octanol–water partition coefficient (Wildman–Crippen LogP) is 3.07. The first-order chi connectivity index (χ1) is 9.69. The van der Waals surface area contributed by atoms with E-state index in [-0.39, 0.29) is 5.75 Å². The first kappa shape index (κ1) is 12.9. The highest BCUT2D eigenvalue weighted by molar-refractivity contribution is 7.09. The number of hydrogen-bond acceptors (Lipinski definition) is 4. The molecule has 0 spiro atoms. The minimum Gasteiger partial charge on any atom is -0.494 e. The Morgan fingerprint density at radius 3 is 3.00 bits per heavy atom. The van der Waals surface area contributed by atoms with Crippen molar-refractivity contribution in [1.29, 1.82) is 0 Å². The molecule has 0 unspecified atom stereocenters. The van der Waals surface area contributed by atoms with E-state index in [1.807, 2.05) is 16.0 Å². The van der Waals surface area contributed by atoms with E-state index in [1.54, 1.807) is 17.4 Å². The van der Waals surface area contributed by atoms with Crippen molar-refractivity contribution < 1.29 is 9.13 Å². The Balaban J connectivity index is 1.98. The molecule has 104 valence electrons. The van der Waals surface area contributed by atoms with Crippen LogP contribution in [0, 0.1) is 5.82 Å². The molecule has 0 aliphatic carbocycles. The van der Waals surface area contributed by atoms with Gasteiger partial charge in [-0.15, -0.1) is 11.3 Å². The number of nitrogens with zero attached hydrogens (tertiary/aromatic N) is 2. The first-order valence-corrected chi connectivity index (χ1v) is 7.08. The zero-order valence-corrected chi connectivity index (χ0v) is 11.8. The summed E-state index contributed by atoms with van der Waals surface area (Å²) in [5.41, 5.74) is 7.26. The monoisotopic (exact) mass is 291 g/mol. The lowest BCUT2D eigenvalue weighted by molar-refractivity contribution is 0.387. The number of fused-ring (bicyclic) bond motifs is 1. The van der Waals surface area contributed by atoms with Gasteiger partial charge < -0.3 is 15.0 Å². The molecule has 0 fully saturated rings. The molecular formula is C14H14FN3OS. The van der Waals surface area contributed by atoms with Crippen molar-refractivity contribution in [3.63, 3.8) is 0 Å². The average molecular weight is 291 g/mol. The number of anilines is 1. The van der Waals surface area contributed by atoms with Crippen LogP contribution in [-0.4, -0.2) is 16.7 Å². The first-order valence-electron chi connectivity index (χ1n) is 6.20. The number of thiophene rings is 1. The number of benzene rings is 1. The van der Waals surface area contributed by atoms with Gasteiger partial charge in [0, 0.05) is 23.6 Å². The minimum atomic E-state index is -0.428. The van der Waals surface area contributed by atoms with Crippen LogP contribution in [0.4, 0.5) is 10.3 Å². The van der Waals surface area contributed by atoms with Gasteiger partial charge in [0.1, 0.15) is 0 Å². The van der Waals surface area contributed by atoms with Crippen molar-refractivity contribution in [2.24, 2.45) is 0 Å². The van der Waals surface area contributed by atoms with Crippen molar-refractivity contribution in [3.05, 3.63) is 40.3 Å². The number of halogens is 1. The molecule has 0 saturated heterocycles. The molecular weight excluding hydrogens is 277 g/mol. The topological polar surface area (TPSA) is 53.1 Å². The van der Waals surface area contributed by atoms with Gasteiger partial charge in [0.2, 0.25) is 5.95 Å². The van der Waals surface area contributed by atoms with Gasteiger partial charge in [-0.25, -0.2) is 9.37 Å². The summed E-state index contributed by atoms with van der Waals surface area (Å²) in [6, 6.07) is 7.10. The van der Waals surface area contributed by atoms with Crippen molar-refractivity contribution in [2.45, 2.75) is 13.0 Å². The van der Waals surface area contributed by atoms with Gasteiger partial charge in [-0.3, -0.25) is 0 Å². The second kappa shape index (κ2) is 5.13. The number of imidazole rings is 1. The predicted molar refractivity (Wildman–Crippen MR) is 78.7 cm³/mol. The van der Waals surface area contributed by atoms with Crippen LogP contribution in [-0.2, 0) is 13.0 Å².